The molecule has 5 nitrogen and oxygen atoms in total. The molecule has 4 aliphatic heterocycles. The maximum absolute atomic E-state index is 8.06. The fraction of sp³-hybridized carbons (Fsp3) is 0.0769. The highest BCUT2D eigenvalue weighted by atomic mass is 16.5. The lowest BCUT2D eigenvalue weighted by Crippen LogP contribution is -2.64. The number of hydrogen-bond donors (Lipinski definition) is 0. The van der Waals surface area contributed by atoms with Gasteiger partial charge in [-0.15, -0.1) is 0 Å². The summed E-state index contributed by atoms with van der Waals surface area (Å²) in [6.07, 6.45) is 0. The minimum Gasteiger partial charge on any atom is -0.458 e. The Morgan fingerprint density at radius 1 is 0.243 bits per heavy atom. The van der Waals surface area contributed by atoms with E-state index < -0.39 is 0 Å². The lowest BCUT2D eigenvalue weighted by atomic mass is 9.30. The third-order valence-electron chi connectivity index (χ3n) is 23.7. The van der Waals surface area contributed by atoms with Crippen molar-refractivity contribution >= 4 is 119 Å². The monoisotopic (exact) mass is 1420 g/mol. The van der Waals surface area contributed by atoms with Crippen LogP contribution in [0.15, 0.2) is 364 Å². The van der Waals surface area contributed by atoms with Crippen LogP contribution >= 0.6 is 0 Å². The maximum atomic E-state index is 8.06. The average molecular weight is 1420 g/mol. The van der Waals surface area contributed by atoms with Crippen molar-refractivity contribution < 1.29 is 4.74 Å². The number of hydrogen-bond acceptors (Lipinski definition) is 4. The third kappa shape index (κ3) is 10.5. The van der Waals surface area contributed by atoms with Crippen molar-refractivity contribution in [3.05, 3.63) is 375 Å². The van der Waals surface area contributed by atoms with Crippen LogP contribution in [0.25, 0.3) is 94.3 Å². The molecule has 17 aromatic rings. The summed E-state index contributed by atoms with van der Waals surface area (Å²) in [6, 6.07) is 136. The van der Waals surface area contributed by atoms with Crippen LogP contribution in [0.2, 0.25) is 0 Å². The summed E-state index contributed by atoms with van der Waals surface area (Å²) >= 11 is 0. The van der Waals surface area contributed by atoms with Crippen molar-refractivity contribution in [1.29, 1.82) is 0 Å². The Balaban J connectivity index is 0.909. The predicted molar refractivity (Wildman–Crippen MR) is 471 cm³/mol. The number of para-hydroxylation sites is 6. The lowest BCUT2D eigenvalue weighted by Gasteiger charge is -2.47. The van der Waals surface area contributed by atoms with E-state index in [1.54, 1.807) is 0 Å². The van der Waals surface area contributed by atoms with E-state index >= 15 is 0 Å². The Kier molecular flexibility index (Phi) is 15.2. The average Bonchev–Trinajstić information content (AvgIpc) is 0.822. The largest absolute Gasteiger partial charge is 0.458 e. The summed E-state index contributed by atoms with van der Waals surface area (Å²) in [7, 11) is 0. The molecule has 0 saturated heterocycles. The van der Waals surface area contributed by atoms with Gasteiger partial charge >= 0.3 is 0 Å². The second kappa shape index (κ2) is 25.7. The minimum absolute atomic E-state index is 0.257. The smallest absolute Gasteiger partial charge is 0.256 e. The van der Waals surface area contributed by atoms with Crippen molar-refractivity contribution in [2.45, 2.75) is 52.4 Å². The van der Waals surface area contributed by atoms with Gasteiger partial charge in [0.1, 0.15) is 11.5 Å². The summed E-state index contributed by atoms with van der Waals surface area (Å²) in [5.41, 5.74) is 35.9. The fourth-order valence-corrected chi connectivity index (χ4v) is 18.6. The van der Waals surface area contributed by atoms with Crippen molar-refractivity contribution in [1.82, 2.24) is 4.57 Å². The number of anilines is 9. The molecule has 0 N–H and O–H groups in total. The molecule has 0 fully saturated rings. The van der Waals surface area contributed by atoms with Crippen LogP contribution in [0.3, 0.4) is 0 Å². The van der Waals surface area contributed by atoms with Crippen molar-refractivity contribution in [3.63, 3.8) is 0 Å². The van der Waals surface area contributed by atoms with E-state index in [0.717, 1.165) is 157 Å². The van der Waals surface area contributed by atoms with Gasteiger partial charge in [-0.1, -0.05) is 345 Å². The number of fused-ring (bicyclic) bond motifs is 11. The van der Waals surface area contributed by atoms with E-state index in [0.29, 0.717) is 0 Å². The van der Waals surface area contributed by atoms with E-state index in [1.807, 2.05) is 0 Å². The maximum Gasteiger partial charge on any atom is 0.256 e. The van der Waals surface area contributed by atoms with E-state index in [-0.39, 0.29) is 24.3 Å². The molecular weight excluding hydrogens is 1340 g/mol. The van der Waals surface area contributed by atoms with Gasteiger partial charge in [-0.25, -0.2) is 0 Å². The molecule has 0 atom stereocenters. The summed E-state index contributed by atoms with van der Waals surface area (Å²) in [4.78, 5) is 7.98. The first-order chi connectivity index (χ1) is 54.4. The molecule has 5 heterocycles. The minimum atomic E-state index is -0.344. The molecule has 111 heavy (non-hydrogen) atoms. The fourth-order valence-electron chi connectivity index (χ4n) is 18.6. The number of rotatable bonds is 10. The normalized spacial score (nSPS) is 13.1. The van der Waals surface area contributed by atoms with Crippen LogP contribution in [0.1, 0.15) is 52.7 Å². The first-order valence-electron chi connectivity index (χ1n) is 39.0. The van der Waals surface area contributed by atoms with Crippen LogP contribution in [0.4, 0.5) is 51.2 Å². The van der Waals surface area contributed by atoms with Gasteiger partial charge in [-0.2, -0.15) is 0 Å². The molecule has 0 spiro atoms. The van der Waals surface area contributed by atoms with E-state index in [4.69, 9.17) is 4.74 Å². The van der Waals surface area contributed by atoms with Gasteiger partial charge in [0.15, 0.2) is 0 Å². The van der Waals surface area contributed by atoms with Crippen LogP contribution in [0, 0.1) is 0 Å². The summed E-state index contributed by atoms with van der Waals surface area (Å²) in [5.74, 6) is 1.70. The number of ether oxygens (including phenoxy) is 1. The molecule has 0 radical (unpaired) electrons. The Morgan fingerprint density at radius 3 is 1.01 bits per heavy atom. The molecule has 21 rings (SSSR count). The van der Waals surface area contributed by atoms with Crippen LogP contribution in [-0.4, -0.2) is 18.0 Å². The Morgan fingerprint density at radius 2 is 0.586 bits per heavy atom. The van der Waals surface area contributed by atoms with Gasteiger partial charge in [-0.3, -0.25) is 0 Å². The van der Waals surface area contributed by atoms with Crippen LogP contribution in [0.5, 0.6) is 11.5 Å². The van der Waals surface area contributed by atoms with E-state index in [2.05, 4.69) is 425 Å². The van der Waals surface area contributed by atoms with Gasteiger partial charge in [-0.05, 0) is 143 Å². The summed E-state index contributed by atoms with van der Waals surface area (Å²) in [5, 5.41) is 2.44. The van der Waals surface area contributed by atoms with E-state index in [9.17, 15) is 0 Å². The Hall–Kier alpha value is -13.4. The molecule has 526 valence electrons. The Bertz CT molecular complexity index is 6360. The lowest BCUT2D eigenvalue weighted by molar-refractivity contribution is 0.483. The molecular formula is C104H78B2N4O. The summed E-state index contributed by atoms with van der Waals surface area (Å²) in [6.45, 7) is 13.6. The number of nitrogens with zero attached hydrogens (tertiary/aromatic N) is 4. The zero-order valence-corrected chi connectivity index (χ0v) is 63.0. The molecule has 7 heteroatoms. The SMILES string of the molecule is CC(C)(C)c1cc2c3c(c1)N(c1c(-c4ccccc4)cccc1-c1ccccc1)c1ccccc1B3c1cc3c(cc1O2)N(c1c(-c2ccccc2)cccc1-c1ccccc1)c1cc(C(C)(C)C)cc2c1B3c1ccc(-n3c4ccccc4c4ccccc43)cc1N2c1c(-c2ccccc2)cccc1-c1ccccc1. The number of benzene rings is 16. The van der Waals surface area contributed by atoms with Gasteiger partial charge in [0.25, 0.3) is 13.4 Å². The van der Waals surface area contributed by atoms with Gasteiger partial charge < -0.3 is 24.0 Å². The van der Waals surface area contributed by atoms with Crippen LogP contribution < -0.4 is 52.2 Å². The molecule has 0 unspecified atom stereocenters. The molecule has 16 aromatic carbocycles. The summed E-state index contributed by atoms with van der Waals surface area (Å²) < 4.78 is 10.6. The molecule has 0 saturated carbocycles. The zero-order chi connectivity index (χ0) is 74.4. The first kappa shape index (κ1) is 65.9. The molecule has 0 aliphatic carbocycles. The molecule has 1 aromatic heterocycles. The molecule has 0 bridgehead atoms. The van der Waals surface area contributed by atoms with Crippen molar-refractivity contribution in [3.8, 4) is 83.9 Å². The highest BCUT2D eigenvalue weighted by Crippen LogP contribution is 2.56. The standard InChI is InChI=1S/C104H78B2N4O/c1-103(2,3)73-60-93-98-94(61-73)110(102-80(71-42-21-11-22-43-71)52-33-53-81(102)72-44-23-12-24-45-72)92-66-96-87(106-84-54-27-30-57-90(84)108(95-62-74(104(4,5)6)63-97(111-96)99(95)106)100-76(67-34-13-7-14-35-67)48-31-49-77(100)68-36-15-8-16-37-68)65-86(92)105(98)85-59-58-75(107-88-55-28-25-46-82(88)83-47-26-29-56-89(83)107)64-91(85)109(93)101-78(69-38-17-9-18-39-69)50-32-51-79(101)70-40-19-10-20-41-70/h7-66H,1-6H3. The van der Waals surface area contributed by atoms with Gasteiger partial charge in [0.2, 0.25) is 0 Å². The second-order valence-electron chi connectivity index (χ2n) is 32.2. The highest BCUT2D eigenvalue weighted by molar-refractivity contribution is 7.02. The van der Waals surface area contributed by atoms with E-state index in [1.165, 1.54) is 43.8 Å². The predicted octanol–water partition coefficient (Wildman–Crippen LogP) is 23.9. The third-order valence-corrected chi connectivity index (χ3v) is 23.7. The Labute approximate surface area is 650 Å². The first-order valence-corrected chi connectivity index (χ1v) is 39.0. The zero-order valence-electron chi connectivity index (χ0n) is 63.0. The van der Waals surface area contributed by atoms with Crippen molar-refractivity contribution in [2.75, 3.05) is 14.7 Å². The second-order valence-corrected chi connectivity index (χ2v) is 32.2. The number of aromatic nitrogens is 1. The van der Waals surface area contributed by atoms with Gasteiger partial charge in [0.05, 0.1) is 28.1 Å². The van der Waals surface area contributed by atoms with Crippen molar-refractivity contribution in [2.24, 2.45) is 0 Å². The topological polar surface area (TPSA) is 23.9 Å². The quantitative estimate of drug-likeness (QED) is 0.127. The highest BCUT2D eigenvalue weighted by Gasteiger charge is 2.50. The molecule has 4 aliphatic rings. The molecule has 0 amide bonds. The van der Waals surface area contributed by atoms with Gasteiger partial charge in [0, 0.05) is 90.0 Å². The van der Waals surface area contributed by atoms with Crippen LogP contribution in [-0.2, 0) is 10.8 Å².